The summed E-state index contributed by atoms with van der Waals surface area (Å²) in [6.45, 7) is 9.46. The van der Waals surface area contributed by atoms with E-state index in [1.165, 1.54) is 38.5 Å². The van der Waals surface area contributed by atoms with Gasteiger partial charge in [-0.15, -0.1) is 0 Å². The molecule has 0 bridgehead atoms. The van der Waals surface area contributed by atoms with Crippen LogP contribution in [0.25, 0.3) is 0 Å². The Morgan fingerprint density at radius 1 is 0.821 bits per heavy atom. The molecule has 9 atom stereocenters. The molecule has 4 aliphatic rings. The van der Waals surface area contributed by atoms with Gasteiger partial charge < -0.3 is 15.3 Å². The zero-order valence-electron chi connectivity index (χ0n) is 18.7. The summed E-state index contributed by atoms with van der Waals surface area (Å²) in [4.78, 5) is 0. The molecule has 0 heterocycles. The highest BCUT2D eigenvalue weighted by Gasteiger charge is 2.61. The van der Waals surface area contributed by atoms with E-state index < -0.39 is 5.79 Å². The van der Waals surface area contributed by atoms with Gasteiger partial charge in [0.15, 0.2) is 5.79 Å². The number of hydrogen-bond acceptors (Lipinski definition) is 3. The molecule has 162 valence electrons. The molecule has 4 saturated carbocycles. The Morgan fingerprint density at radius 3 is 2.25 bits per heavy atom. The van der Waals surface area contributed by atoms with Crippen LogP contribution in [0.4, 0.5) is 0 Å². The lowest BCUT2D eigenvalue weighted by Gasteiger charge is -2.61. The Bertz CT molecular complexity index is 572. The zero-order chi connectivity index (χ0) is 20.3. The van der Waals surface area contributed by atoms with Gasteiger partial charge in [-0.05, 0) is 111 Å². The molecule has 0 saturated heterocycles. The minimum absolute atomic E-state index is 0.171. The van der Waals surface area contributed by atoms with Crippen molar-refractivity contribution in [1.29, 1.82) is 0 Å². The van der Waals surface area contributed by atoms with Gasteiger partial charge in [0, 0.05) is 12.8 Å². The molecule has 0 aromatic heterocycles. The average Bonchev–Trinajstić information content (AvgIpc) is 2.97. The van der Waals surface area contributed by atoms with Gasteiger partial charge in [-0.25, -0.2) is 0 Å². The summed E-state index contributed by atoms with van der Waals surface area (Å²) in [5.74, 6) is 3.09. The molecule has 0 aromatic rings. The third kappa shape index (κ3) is 3.38. The van der Waals surface area contributed by atoms with E-state index in [0.29, 0.717) is 35.5 Å². The molecule has 28 heavy (non-hydrogen) atoms. The lowest BCUT2D eigenvalue weighted by atomic mass is 9.44. The van der Waals surface area contributed by atoms with Gasteiger partial charge in [0.25, 0.3) is 0 Å². The Kier molecular flexibility index (Phi) is 5.46. The predicted octanol–water partition coefficient (Wildman–Crippen LogP) is 5.12. The van der Waals surface area contributed by atoms with Crippen LogP contribution < -0.4 is 0 Å². The summed E-state index contributed by atoms with van der Waals surface area (Å²) < 4.78 is 0. The van der Waals surface area contributed by atoms with E-state index in [0.717, 1.165) is 42.9 Å². The molecule has 0 aromatic carbocycles. The first-order chi connectivity index (χ1) is 13.1. The Labute approximate surface area is 172 Å². The summed E-state index contributed by atoms with van der Waals surface area (Å²) in [5, 5.41) is 30.2. The zero-order valence-corrected chi connectivity index (χ0v) is 18.7. The van der Waals surface area contributed by atoms with Crippen molar-refractivity contribution in [2.24, 2.45) is 46.3 Å². The highest BCUT2D eigenvalue weighted by atomic mass is 16.5. The molecule has 0 radical (unpaired) electrons. The topological polar surface area (TPSA) is 60.7 Å². The summed E-state index contributed by atoms with van der Waals surface area (Å²) in [5.41, 5.74) is 0.796. The van der Waals surface area contributed by atoms with Gasteiger partial charge in [-0.1, -0.05) is 20.8 Å². The van der Waals surface area contributed by atoms with E-state index in [2.05, 4.69) is 20.8 Å². The number of hydrogen-bond donors (Lipinski definition) is 3. The maximum Gasteiger partial charge on any atom is 0.162 e. The molecule has 0 spiro atoms. The fraction of sp³-hybridized carbons (Fsp3) is 1.00. The second-order valence-corrected chi connectivity index (χ2v) is 12.0. The van der Waals surface area contributed by atoms with E-state index in [9.17, 15) is 15.3 Å². The number of fused-ring (bicyclic) bond motifs is 5. The largest absolute Gasteiger partial charge is 0.393 e. The van der Waals surface area contributed by atoms with Crippen molar-refractivity contribution < 1.29 is 15.3 Å². The predicted molar refractivity (Wildman–Crippen MR) is 112 cm³/mol. The molecule has 0 aliphatic heterocycles. The third-order valence-corrected chi connectivity index (χ3v) is 10.5. The molecule has 4 aliphatic carbocycles. The van der Waals surface area contributed by atoms with Gasteiger partial charge in [0.1, 0.15) is 0 Å². The second-order valence-electron chi connectivity index (χ2n) is 12.0. The Morgan fingerprint density at radius 2 is 1.54 bits per heavy atom. The first-order valence-corrected chi connectivity index (χ1v) is 12.2. The van der Waals surface area contributed by atoms with Gasteiger partial charge >= 0.3 is 0 Å². The van der Waals surface area contributed by atoms with Crippen LogP contribution in [0.5, 0.6) is 0 Å². The van der Waals surface area contributed by atoms with Gasteiger partial charge in [-0.2, -0.15) is 0 Å². The molecule has 3 nitrogen and oxygen atoms in total. The molecular weight excluding hydrogens is 348 g/mol. The molecule has 1 unspecified atom stereocenters. The minimum atomic E-state index is -1.42. The molecule has 0 amide bonds. The van der Waals surface area contributed by atoms with E-state index in [-0.39, 0.29) is 6.10 Å². The first kappa shape index (κ1) is 21.1. The maximum atomic E-state index is 10.2. The normalized spacial score (nSPS) is 49.6. The summed E-state index contributed by atoms with van der Waals surface area (Å²) in [6, 6.07) is 0. The third-order valence-electron chi connectivity index (χ3n) is 10.5. The van der Waals surface area contributed by atoms with Gasteiger partial charge in [-0.3, -0.25) is 0 Å². The highest BCUT2D eigenvalue weighted by Crippen LogP contribution is 2.68. The van der Waals surface area contributed by atoms with Crippen molar-refractivity contribution in [2.45, 2.75) is 110 Å². The number of rotatable bonds is 4. The van der Waals surface area contributed by atoms with Crippen LogP contribution in [0, 0.1) is 46.3 Å². The van der Waals surface area contributed by atoms with Crippen molar-refractivity contribution >= 4 is 0 Å². The fourth-order valence-electron chi connectivity index (χ4n) is 8.91. The van der Waals surface area contributed by atoms with Crippen LogP contribution >= 0.6 is 0 Å². The standard InChI is InChI=1S/C25H44O3/c1-16(5-6-17(2)26)20-9-10-21-19-8-7-18-15-25(27,28)14-13-23(18,3)22(19)11-12-24(20,21)4/h16-22,26-28H,5-15H2,1-4H3/t16-,17?,18+,19+,20-,21+,22+,23+,24-/m1/s1. The van der Waals surface area contributed by atoms with Crippen LogP contribution in [-0.2, 0) is 0 Å². The van der Waals surface area contributed by atoms with Crippen LogP contribution in [0.2, 0.25) is 0 Å². The van der Waals surface area contributed by atoms with E-state index in [4.69, 9.17) is 0 Å². The lowest BCUT2D eigenvalue weighted by Crippen LogP contribution is -2.56. The lowest BCUT2D eigenvalue weighted by molar-refractivity contribution is -0.233. The summed E-state index contributed by atoms with van der Waals surface area (Å²) in [6.07, 6.45) is 12.0. The monoisotopic (exact) mass is 392 g/mol. The van der Waals surface area contributed by atoms with Gasteiger partial charge in [0.05, 0.1) is 6.10 Å². The SMILES string of the molecule is CC(O)CC[C@@H](C)[C@H]1CC[C@H]2[C@@H]3CC[C@H]4CC(O)(O)CC[C@]4(C)[C@H]3CC[C@]12C. The molecule has 4 rings (SSSR count). The van der Waals surface area contributed by atoms with Gasteiger partial charge in [0.2, 0.25) is 0 Å². The van der Waals surface area contributed by atoms with Crippen LogP contribution in [0.3, 0.4) is 0 Å². The van der Waals surface area contributed by atoms with Crippen molar-refractivity contribution in [2.75, 3.05) is 0 Å². The van der Waals surface area contributed by atoms with E-state index in [1.54, 1.807) is 0 Å². The van der Waals surface area contributed by atoms with Crippen LogP contribution in [0.1, 0.15) is 98.3 Å². The average molecular weight is 393 g/mol. The Balaban J connectivity index is 1.50. The first-order valence-electron chi connectivity index (χ1n) is 12.2. The fourth-order valence-corrected chi connectivity index (χ4v) is 8.91. The van der Waals surface area contributed by atoms with Crippen molar-refractivity contribution in [1.82, 2.24) is 0 Å². The quantitative estimate of drug-likeness (QED) is 0.582. The van der Waals surface area contributed by atoms with E-state index >= 15 is 0 Å². The van der Waals surface area contributed by atoms with Crippen LogP contribution in [0.15, 0.2) is 0 Å². The molecule has 3 N–H and O–H groups in total. The minimum Gasteiger partial charge on any atom is -0.393 e. The number of aliphatic hydroxyl groups excluding tert-OH is 1. The summed E-state index contributed by atoms with van der Waals surface area (Å²) in [7, 11) is 0. The van der Waals surface area contributed by atoms with E-state index in [1.807, 2.05) is 6.92 Å². The van der Waals surface area contributed by atoms with Crippen molar-refractivity contribution in [3.05, 3.63) is 0 Å². The second kappa shape index (κ2) is 7.24. The smallest absolute Gasteiger partial charge is 0.162 e. The van der Waals surface area contributed by atoms with Crippen LogP contribution in [-0.4, -0.2) is 27.2 Å². The molecule has 3 heteroatoms. The molecular formula is C25H44O3. The number of aliphatic hydroxyl groups is 3. The molecule has 4 fully saturated rings. The Hall–Kier alpha value is -0.120. The van der Waals surface area contributed by atoms with Crippen molar-refractivity contribution in [3.63, 3.8) is 0 Å². The maximum absolute atomic E-state index is 10.2. The van der Waals surface area contributed by atoms with Crippen molar-refractivity contribution in [3.8, 4) is 0 Å². The summed E-state index contributed by atoms with van der Waals surface area (Å²) >= 11 is 0. The highest BCUT2D eigenvalue weighted by molar-refractivity contribution is 5.10.